The van der Waals surface area contributed by atoms with Crippen molar-refractivity contribution in [2.45, 2.75) is 46.0 Å². The third kappa shape index (κ3) is 7.77. The molecule has 0 spiro atoms. The van der Waals surface area contributed by atoms with Crippen LogP contribution in [0.15, 0.2) is 29.3 Å². The zero-order chi connectivity index (χ0) is 21.3. The number of carbonyl (C=O) groups excluding carboxylic acids is 2. The molecule has 8 heteroatoms. The molecule has 168 valence electrons. The van der Waals surface area contributed by atoms with E-state index in [4.69, 9.17) is 4.99 Å². The van der Waals surface area contributed by atoms with Crippen molar-refractivity contribution in [1.29, 1.82) is 0 Å². The highest BCUT2D eigenvalue weighted by molar-refractivity contribution is 14.0. The molecule has 3 N–H and O–H groups in total. The Bertz CT molecular complexity index is 713. The Morgan fingerprint density at radius 1 is 1.10 bits per heavy atom. The second-order valence-corrected chi connectivity index (χ2v) is 7.94. The SMILES string of the molecule is CCNC(=NCC1(C(=O)N(C)C)CCCC1)NCCc1ccc(NC(C)=O)cc1.I. The van der Waals surface area contributed by atoms with E-state index >= 15 is 0 Å². The number of benzene rings is 1. The second-order valence-electron chi connectivity index (χ2n) is 7.94. The van der Waals surface area contributed by atoms with Crippen molar-refractivity contribution in [2.75, 3.05) is 39.0 Å². The van der Waals surface area contributed by atoms with E-state index in [2.05, 4.69) is 16.0 Å². The number of anilines is 1. The lowest BCUT2D eigenvalue weighted by Gasteiger charge is -2.29. The predicted molar refractivity (Wildman–Crippen MR) is 133 cm³/mol. The van der Waals surface area contributed by atoms with Crippen LogP contribution in [0, 0.1) is 5.41 Å². The van der Waals surface area contributed by atoms with Gasteiger partial charge in [-0.15, -0.1) is 24.0 Å². The Morgan fingerprint density at radius 3 is 2.27 bits per heavy atom. The quantitative estimate of drug-likeness (QED) is 0.275. The lowest BCUT2D eigenvalue weighted by molar-refractivity contribution is -0.138. The molecule has 0 aromatic heterocycles. The van der Waals surface area contributed by atoms with Crippen LogP contribution in [-0.2, 0) is 16.0 Å². The molecule has 0 atom stereocenters. The van der Waals surface area contributed by atoms with E-state index in [-0.39, 0.29) is 41.2 Å². The maximum absolute atomic E-state index is 12.7. The lowest BCUT2D eigenvalue weighted by Crippen LogP contribution is -2.43. The topological polar surface area (TPSA) is 85.8 Å². The summed E-state index contributed by atoms with van der Waals surface area (Å²) in [5.74, 6) is 0.868. The third-order valence-electron chi connectivity index (χ3n) is 5.28. The Hall–Kier alpha value is -1.84. The Labute approximate surface area is 197 Å². The van der Waals surface area contributed by atoms with E-state index in [1.165, 1.54) is 12.5 Å². The van der Waals surface area contributed by atoms with Crippen LogP contribution in [0.3, 0.4) is 0 Å². The number of halogens is 1. The van der Waals surface area contributed by atoms with Gasteiger partial charge in [-0.05, 0) is 43.9 Å². The monoisotopic (exact) mass is 529 g/mol. The zero-order valence-corrected chi connectivity index (χ0v) is 20.9. The van der Waals surface area contributed by atoms with Crippen LogP contribution in [0.1, 0.15) is 45.1 Å². The summed E-state index contributed by atoms with van der Waals surface area (Å²) >= 11 is 0. The summed E-state index contributed by atoms with van der Waals surface area (Å²) in [7, 11) is 3.65. The van der Waals surface area contributed by atoms with Crippen molar-refractivity contribution < 1.29 is 9.59 Å². The molecule has 1 fully saturated rings. The molecule has 0 saturated heterocycles. The van der Waals surface area contributed by atoms with E-state index in [9.17, 15) is 9.59 Å². The minimum Gasteiger partial charge on any atom is -0.357 e. The molecule has 0 unspecified atom stereocenters. The molecule has 7 nitrogen and oxygen atoms in total. The smallest absolute Gasteiger partial charge is 0.230 e. The van der Waals surface area contributed by atoms with Crippen LogP contribution in [0.4, 0.5) is 5.69 Å². The second kappa shape index (κ2) is 12.8. The standard InChI is InChI=1S/C22H35N5O2.HI/c1-5-23-21(25-16-22(13-6-7-14-22)20(29)27(3)4)24-15-12-18-8-10-19(11-9-18)26-17(2)28;/h8-11H,5-7,12-16H2,1-4H3,(H,26,28)(H2,23,24,25);1H. The molecule has 1 saturated carbocycles. The van der Waals surface area contributed by atoms with Gasteiger partial charge >= 0.3 is 0 Å². The minimum atomic E-state index is -0.356. The van der Waals surface area contributed by atoms with E-state index in [0.29, 0.717) is 6.54 Å². The maximum atomic E-state index is 12.7. The largest absolute Gasteiger partial charge is 0.357 e. The van der Waals surface area contributed by atoms with Crippen LogP contribution in [-0.4, -0.2) is 56.4 Å². The van der Waals surface area contributed by atoms with Gasteiger partial charge < -0.3 is 20.9 Å². The van der Waals surface area contributed by atoms with E-state index in [0.717, 1.165) is 56.8 Å². The molecule has 0 bridgehead atoms. The molecule has 0 radical (unpaired) electrons. The Balaban J connectivity index is 0.00000450. The highest BCUT2D eigenvalue weighted by atomic mass is 127. The first-order valence-electron chi connectivity index (χ1n) is 10.5. The summed E-state index contributed by atoms with van der Waals surface area (Å²) in [6, 6.07) is 7.85. The summed E-state index contributed by atoms with van der Waals surface area (Å²) < 4.78 is 0. The van der Waals surface area contributed by atoms with Crippen LogP contribution < -0.4 is 16.0 Å². The Morgan fingerprint density at radius 2 is 1.73 bits per heavy atom. The molecular formula is C22H36IN5O2. The van der Waals surface area contributed by atoms with Crippen LogP contribution in [0.25, 0.3) is 0 Å². The number of nitrogens with one attached hydrogen (secondary N) is 3. The van der Waals surface area contributed by atoms with Gasteiger partial charge in [-0.1, -0.05) is 25.0 Å². The first kappa shape index (κ1) is 26.2. The number of rotatable bonds is 8. The fraction of sp³-hybridized carbons (Fsp3) is 0.591. The van der Waals surface area contributed by atoms with Crippen LogP contribution in [0.2, 0.25) is 0 Å². The molecule has 0 aliphatic heterocycles. The average Bonchev–Trinajstić information content (AvgIpc) is 3.16. The fourth-order valence-electron chi connectivity index (χ4n) is 3.82. The number of hydrogen-bond acceptors (Lipinski definition) is 3. The van der Waals surface area contributed by atoms with E-state index < -0.39 is 0 Å². The van der Waals surface area contributed by atoms with Crippen molar-refractivity contribution in [2.24, 2.45) is 10.4 Å². The van der Waals surface area contributed by atoms with Gasteiger partial charge in [-0.2, -0.15) is 0 Å². The first-order chi connectivity index (χ1) is 13.9. The average molecular weight is 529 g/mol. The number of carbonyl (C=O) groups is 2. The zero-order valence-electron chi connectivity index (χ0n) is 18.6. The molecule has 1 aromatic rings. The normalized spacial score (nSPS) is 15.1. The maximum Gasteiger partial charge on any atom is 0.230 e. The van der Waals surface area contributed by atoms with Gasteiger partial charge in [0, 0.05) is 39.8 Å². The highest BCUT2D eigenvalue weighted by Gasteiger charge is 2.42. The number of nitrogens with zero attached hydrogens (tertiary/aromatic N) is 2. The molecule has 1 aliphatic carbocycles. The Kier molecular flexibility index (Phi) is 11.1. The van der Waals surface area contributed by atoms with Gasteiger partial charge in [0.05, 0.1) is 12.0 Å². The van der Waals surface area contributed by atoms with E-state index in [1.807, 2.05) is 45.3 Å². The number of guanidine groups is 1. The van der Waals surface area contributed by atoms with Crippen molar-refractivity contribution in [3.8, 4) is 0 Å². The number of hydrogen-bond donors (Lipinski definition) is 3. The summed E-state index contributed by atoms with van der Waals surface area (Å²) in [5.41, 5.74) is 1.62. The van der Waals surface area contributed by atoms with Gasteiger partial charge in [0.1, 0.15) is 0 Å². The van der Waals surface area contributed by atoms with Gasteiger partial charge in [0.2, 0.25) is 11.8 Å². The summed E-state index contributed by atoms with van der Waals surface area (Å²) in [6.07, 6.45) is 4.84. The molecule has 1 aromatic carbocycles. The van der Waals surface area contributed by atoms with Gasteiger partial charge in [-0.3, -0.25) is 14.6 Å². The van der Waals surface area contributed by atoms with Gasteiger partial charge in [-0.25, -0.2) is 0 Å². The molecular weight excluding hydrogens is 493 g/mol. The number of aliphatic imine (C=N–C) groups is 1. The summed E-state index contributed by atoms with van der Waals surface area (Å²) in [5, 5.41) is 9.42. The summed E-state index contributed by atoms with van der Waals surface area (Å²) in [4.78, 5) is 30.3. The van der Waals surface area contributed by atoms with Crippen molar-refractivity contribution in [3.63, 3.8) is 0 Å². The highest BCUT2D eigenvalue weighted by Crippen LogP contribution is 2.39. The lowest BCUT2D eigenvalue weighted by atomic mass is 9.85. The van der Waals surface area contributed by atoms with Crippen molar-refractivity contribution in [1.82, 2.24) is 15.5 Å². The number of amides is 2. The van der Waals surface area contributed by atoms with Crippen molar-refractivity contribution in [3.05, 3.63) is 29.8 Å². The van der Waals surface area contributed by atoms with Crippen molar-refractivity contribution >= 4 is 47.4 Å². The molecule has 30 heavy (non-hydrogen) atoms. The predicted octanol–water partition coefficient (Wildman–Crippen LogP) is 3.01. The molecule has 1 aliphatic rings. The molecule has 0 heterocycles. The molecule has 2 amide bonds. The molecule has 2 rings (SSSR count). The van der Waals surface area contributed by atoms with E-state index in [1.54, 1.807) is 4.90 Å². The van der Waals surface area contributed by atoms with Crippen LogP contribution in [0.5, 0.6) is 0 Å². The van der Waals surface area contributed by atoms with Gasteiger partial charge in [0.15, 0.2) is 5.96 Å². The summed E-state index contributed by atoms with van der Waals surface area (Å²) in [6.45, 7) is 5.56. The van der Waals surface area contributed by atoms with Crippen LogP contribution >= 0.6 is 24.0 Å². The third-order valence-corrected chi connectivity index (χ3v) is 5.28. The first-order valence-corrected chi connectivity index (χ1v) is 10.5. The van der Waals surface area contributed by atoms with Gasteiger partial charge in [0.25, 0.3) is 0 Å². The minimum absolute atomic E-state index is 0. The fourth-order valence-corrected chi connectivity index (χ4v) is 3.82.